The number of nitrogens with zero attached hydrogens (tertiary/aromatic N) is 1. The van der Waals surface area contributed by atoms with Crippen molar-refractivity contribution in [1.82, 2.24) is 10.2 Å². The van der Waals surface area contributed by atoms with Gasteiger partial charge in [-0.05, 0) is 117 Å². The van der Waals surface area contributed by atoms with Crippen molar-refractivity contribution in [2.45, 2.75) is 70.9 Å². The first-order valence-electron chi connectivity index (χ1n) is 15.5. The normalized spacial score (nSPS) is 20.3. The first-order chi connectivity index (χ1) is 21.6. The molecule has 0 saturated carbocycles. The second kappa shape index (κ2) is 14.6. The van der Waals surface area contributed by atoms with Crippen LogP contribution in [0.3, 0.4) is 0 Å². The van der Waals surface area contributed by atoms with Crippen LogP contribution in [0.1, 0.15) is 75.7 Å². The molecule has 0 radical (unpaired) electrons. The number of hydrogen-bond donors (Lipinski definition) is 1. The van der Waals surface area contributed by atoms with Crippen molar-refractivity contribution in [1.29, 1.82) is 0 Å². The molecule has 0 spiro atoms. The number of rotatable bonds is 10. The Morgan fingerprint density at radius 3 is 2.38 bits per heavy atom. The smallest absolute Gasteiger partial charge is 0.416 e. The van der Waals surface area contributed by atoms with Gasteiger partial charge < -0.3 is 24.3 Å². The zero-order valence-corrected chi connectivity index (χ0v) is 28.1. The molecule has 2 aliphatic rings. The molecular formula is C36H42Cl2N2O5. The van der Waals surface area contributed by atoms with Gasteiger partial charge in [0.1, 0.15) is 11.5 Å². The molecule has 3 aromatic carbocycles. The van der Waals surface area contributed by atoms with Gasteiger partial charge >= 0.3 is 6.09 Å². The summed E-state index contributed by atoms with van der Waals surface area (Å²) in [5.74, 6) is 0.645. The second-order valence-electron chi connectivity index (χ2n) is 12.0. The molecule has 45 heavy (non-hydrogen) atoms. The Bertz CT molecular complexity index is 1500. The minimum atomic E-state index is -0.548. The van der Waals surface area contributed by atoms with E-state index in [4.69, 9.17) is 42.1 Å². The Morgan fingerprint density at radius 1 is 1.04 bits per heavy atom. The Morgan fingerprint density at radius 2 is 1.73 bits per heavy atom. The van der Waals surface area contributed by atoms with Crippen LogP contribution in [-0.2, 0) is 9.47 Å². The highest BCUT2D eigenvalue weighted by Gasteiger charge is 2.35. The van der Waals surface area contributed by atoms with E-state index in [0.29, 0.717) is 42.0 Å². The molecule has 1 N–H and O–H groups in total. The third-order valence-electron chi connectivity index (χ3n) is 8.50. The Balaban J connectivity index is 1.44. The molecule has 1 fully saturated rings. The third kappa shape index (κ3) is 8.02. The van der Waals surface area contributed by atoms with Crippen LogP contribution in [-0.4, -0.2) is 49.7 Å². The number of benzene rings is 3. The highest BCUT2D eigenvalue weighted by Crippen LogP contribution is 2.43. The molecule has 240 valence electrons. The van der Waals surface area contributed by atoms with Gasteiger partial charge in [0, 0.05) is 29.1 Å². The first kappa shape index (κ1) is 33.3. The van der Waals surface area contributed by atoms with Gasteiger partial charge in [0.15, 0.2) is 5.79 Å². The fourth-order valence-corrected chi connectivity index (χ4v) is 6.52. The Hall–Kier alpha value is -3.07. The number of ether oxygens (including phenoxy) is 4. The molecule has 2 heterocycles. The molecule has 3 atom stereocenters. The summed E-state index contributed by atoms with van der Waals surface area (Å²) in [6.07, 6.45) is 1.92. The Labute approximate surface area is 276 Å². The van der Waals surface area contributed by atoms with Crippen molar-refractivity contribution in [2.24, 2.45) is 0 Å². The molecule has 9 heteroatoms. The van der Waals surface area contributed by atoms with Crippen molar-refractivity contribution < 1.29 is 23.7 Å². The molecule has 1 amide bonds. The van der Waals surface area contributed by atoms with Crippen LogP contribution in [0, 0.1) is 0 Å². The molecule has 3 aromatic rings. The highest BCUT2D eigenvalue weighted by molar-refractivity contribution is 6.31. The molecule has 1 saturated heterocycles. The van der Waals surface area contributed by atoms with Gasteiger partial charge in [0.2, 0.25) is 0 Å². The third-order valence-corrected chi connectivity index (χ3v) is 8.99. The van der Waals surface area contributed by atoms with Gasteiger partial charge in [0.25, 0.3) is 0 Å². The van der Waals surface area contributed by atoms with Crippen molar-refractivity contribution in [3.05, 3.63) is 99.0 Å². The van der Waals surface area contributed by atoms with E-state index in [1.807, 2.05) is 57.3 Å². The number of carbonyl (C=O) groups is 1. The van der Waals surface area contributed by atoms with Crippen molar-refractivity contribution in [2.75, 3.05) is 26.8 Å². The van der Waals surface area contributed by atoms with E-state index in [0.717, 1.165) is 35.3 Å². The number of amides is 1. The fourth-order valence-electron chi connectivity index (χ4n) is 6.23. The van der Waals surface area contributed by atoms with Crippen LogP contribution in [0.25, 0.3) is 5.57 Å². The zero-order valence-electron chi connectivity index (χ0n) is 26.6. The molecule has 5 rings (SSSR count). The maximum absolute atomic E-state index is 13.7. The van der Waals surface area contributed by atoms with E-state index in [-0.39, 0.29) is 18.2 Å². The number of halogens is 2. The SMILES string of the molecule is CCC(NC)c1ccc(Cl)cc1C1=C(C)C(c2ccc(OCCC3COC(C)(C)O3)cc2)N(C(=O)Oc2ccc(Cl)cc2)CC1. The van der Waals surface area contributed by atoms with E-state index in [9.17, 15) is 4.79 Å². The molecular weight excluding hydrogens is 611 g/mol. The van der Waals surface area contributed by atoms with E-state index < -0.39 is 11.9 Å². The average molecular weight is 654 g/mol. The largest absolute Gasteiger partial charge is 0.493 e. The van der Waals surface area contributed by atoms with Gasteiger partial charge in [-0.25, -0.2) is 4.79 Å². The Kier molecular flexibility index (Phi) is 10.8. The molecule has 0 aromatic heterocycles. The summed E-state index contributed by atoms with van der Waals surface area (Å²) < 4.78 is 23.4. The monoisotopic (exact) mass is 652 g/mol. The van der Waals surface area contributed by atoms with E-state index in [1.165, 1.54) is 11.1 Å². The van der Waals surface area contributed by atoms with E-state index in [2.05, 4.69) is 25.2 Å². The van der Waals surface area contributed by atoms with E-state index in [1.54, 1.807) is 29.2 Å². The van der Waals surface area contributed by atoms with Crippen molar-refractivity contribution >= 4 is 34.9 Å². The van der Waals surface area contributed by atoms with Crippen LogP contribution >= 0.6 is 23.2 Å². The van der Waals surface area contributed by atoms with Crippen LogP contribution in [0.5, 0.6) is 11.5 Å². The summed E-state index contributed by atoms with van der Waals surface area (Å²) in [5, 5.41) is 4.70. The van der Waals surface area contributed by atoms with Gasteiger partial charge in [-0.3, -0.25) is 4.90 Å². The van der Waals surface area contributed by atoms with Gasteiger partial charge in [0.05, 0.1) is 25.4 Å². The minimum absolute atomic E-state index is 0.0134. The highest BCUT2D eigenvalue weighted by atomic mass is 35.5. The summed E-state index contributed by atoms with van der Waals surface area (Å²) in [6.45, 7) is 9.66. The predicted octanol–water partition coefficient (Wildman–Crippen LogP) is 9.00. The maximum atomic E-state index is 13.7. The molecule has 0 aliphatic carbocycles. The van der Waals surface area contributed by atoms with Crippen LogP contribution in [0.15, 0.2) is 72.3 Å². The maximum Gasteiger partial charge on any atom is 0.416 e. The lowest BCUT2D eigenvalue weighted by molar-refractivity contribution is -0.139. The lowest BCUT2D eigenvalue weighted by Crippen LogP contribution is -2.41. The average Bonchev–Trinajstić information content (AvgIpc) is 3.37. The number of nitrogens with one attached hydrogen (secondary N) is 1. The second-order valence-corrected chi connectivity index (χ2v) is 12.8. The summed E-state index contributed by atoms with van der Waals surface area (Å²) in [7, 11) is 1.98. The van der Waals surface area contributed by atoms with Crippen LogP contribution in [0.2, 0.25) is 10.0 Å². The zero-order chi connectivity index (χ0) is 32.1. The van der Waals surface area contributed by atoms with Crippen LogP contribution < -0.4 is 14.8 Å². The van der Waals surface area contributed by atoms with Gasteiger partial charge in [-0.2, -0.15) is 0 Å². The lowest BCUT2D eigenvalue weighted by Gasteiger charge is -2.38. The number of hydrogen-bond acceptors (Lipinski definition) is 6. The minimum Gasteiger partial charge on any atom is -0.493 e. The van der Waals surface area contributed by atoms with E-state index >= 15 is 0 Å². The summed E-state index contributed by atoms with van der Waals surface area (Å²) in [4.78, 5) is 15.5. The molecule has 0 bridgehead atoms. The van der Waals surface area contributed by atoms with Crippen molar-refractivity contribution in [3.8, 4) is 11.5 Å². The molecule has 2 aliphatic heterocycles. The quantitative estimate of drug-likeness (QED) is 0.236. The number of carbonyl (C=O) groups excluding carboxylic acids is 1. The van der Waals surface area contributed by atoms with Gasteiger partial charge in [-0.15, -0.1) is 0 Å². The first-order valence-corrected chi connectivity index (χ1v) is 16.3. The van der Waals surface area contributed by atoms with Crippen LogP contribution in [0.4, 0.5) is 4.79 Å². The summed E-state index contributed by atoms with van der Waals surface area (Å²) in [5.41, 5.74) is 5.52. The standard InChI is InChI=1S/C36H42Cl2N2O5/c1-6-33(39-5)31-16-11-26(38)21-32(31)30-17-19-40(35(41)44-28-14-9-25(37)10-15-28)34(23(30)2)24-7-12-27(13-8-24)42-20-18-29-22-43-36(3,4)45-29/h7-16,21,29,33-34,39H,6,17-20,22H2,1-5H3. The molecule has 7 nitrogen and oxygen atoms in total. The van der Waals surface area contributed by atoms with Gasteiger partial charge in [-0.1, -0.05) is 48.3 Å². The summed E-state index contributed by atoms with van der Waals surface area (Å²) >= 11 is 12.6. The lowest BCUT2D eigenvalue weighted by atomic mass is 9.83. The fraction of sp³-hybridized carbons (Fsp3) is 0.417. The predicted molar refractivity (Wildman–Crippen MR) is 179 cm³/mol. The van der Waals surface area contributed by atoms with Crippen molar-refractivity contribution in [3.63, 3.8) is 0 Å². The summed E-state index contributed by atoms with van der Waals surface area (Å²) in [6, 6.07) is 20.7. The molecule has 3 unspecified atom stereocenters. The topological polar surface area (TPSA) is 69.3 Å².